The molecular weight excluding hydrogens is 596 g/mol. The van der Waals surface area contributed by atoms with Gasteiger partial charge in [0.05, 0.1) is 0 Å². The van der Waals surface area contributed by atoms with E-state index < -0.39 is 0 Å². The van der Waals surface area contributed by atoms with E-state index in [-0.39, 0.29) is 10.8 Å². The van der Waals surface area contributed by atoms with Crippen molar-refractivity contribution >= 4 is 9.28 Å². The minimum atomic E-state index is 0.177. The molecule has 4 aromatic rings. The molecule has 2 aliphatic carbocycles. The number of rotatable bonds is 2. The van der Waals surface area contributed by atoms with Crippen molar-refractivity contribution in [2.75, 3.05) is 0 Å². The SMILES string of the molecule is CC(C)(C)c1c[c-]c2c(c1)-c1cc(C(C)(C)C)ccc1C2.CC1=[C-]C(C)C=C1c1ccccc1.Cc1ccc([CH]=[Zr+2])cc1. The van der Waals surface area contributed by atoms with Crippen LogP contribution in [0.15, 0.2) is 96.6 Å². The van der Waals surface area contributed by atoms with Gasteiger partial charge in [0, 0.05) is 0 Å². The fourth-order valence-electron chi connectivity index (χ4n) is 5.41. The number of hydrogen-bond acceptors (Lipinski definition) is 0. The van der Waals surface area contributed by atoms with E-state index in [2.05, 4.69) is 163 Å². The first kappa shape index (κ1) is 33.0. The molecule has 6 rings (SSSR count). The van der Waals surface area contributed by atoms with Gasteiger partial charge in [0.2, 0.25) is 0 Å². The van der Waals surface area contributed by atoms with Crippen LogP contribution in [0.3, 0.4) is 0 Å². The fraction of sp³-hybridized carbons (Fsp3) is 0.310. The second-order valence-electron chi connectivity index (χ2n) is 13.9. The molecule has 0 bridgehead atoms. The normalized spacial score (nSPS) is 15.2. The summed E-state index contributed by atoms with van der Waals surface area (Å²) in [6.45, 7) is 20.0. The summed E-state index contributed by atoms with van der Waals surface area (Å²) in [5.74, 6) is 0.468. The summed E-state index contributed by atoms with van der Waals surface area (Å²) in [5, 5.41) is 0. The van der Waals surface area contributed by atoms with Gasteiger partial charge < -0.3 is 0 Å². The van der Waals surface area contributed by atoms with Crippen LogP contribution in [0.1, 0.15) is 94.3 Å². The van der Waals surface area contributed by atoms with Crippen LogP contribution in [0, 0.1) is 25.0 Å². The molecule has 0 aliphatic heterocycles. The van der Waals surface area contributed by atoms with Gasteiger partial charge >= 0.3 is 70.3 Å². The van der Waals surface area contributed by atoms with Gasteiger partial charge in [-0.25, -0.2) is 5.57 Å². The molecule has 0 heterocycles. The number of aryl methyl sites for hydroxylation is 1. The van der Waals surface area contributed by atoms with Crippen LogP contribution in [0.5, 0.6) is 0 Å². The van der Waals surface area contributed by atoms with E-state index >= 15 is 0 Å². The Labute approximate surface area is 276 Å². The second kappa shape index (κ2) is 13.8. The van der Waals surface area contributed by atoms with Gasteiger partial charge in [0.25, 0.3) is 0 Å². The van der Waals surface area contributed by atoms with Gasteiger partial charge in [-0.15, -0.1) is 11.1 Å². The summed E-state index contributed by atoms with van der Waals surface area (Å²) in [7, 11) is 0. The number of benzene rings is 4. The molecule has 0 fully saturated rings. The molecule has 0 radical (unpaired) electrons. The van der Waals surface area contributed by atoms with Gasteiger partial charge in [0.1, 0.15) is 0 Å². The van der Waals surface area contributed by atoms with Crippen LogP contribution in [-0.2, 0) is 41.5 Å². The van der Waals surface area contributed by atoms with Crippen molar-refractivity contribution in [1.29, 1.82) is 0 Å². The van der Waals surface area contributed by atoms with E-state index in [1.807, 2.05) is 6.07 Å². The molecule has 0 saturated heterocycles. The monoisotopic (exact) mass is 640 g/mol. The van der Waals surface area contributed by atoms with E-state index in [1.54, 1.807) is 0 Å². The number of hydrogen-bond donors (Lipinski definition) is 0. The van der Waals surface area contributed by atoms with E-state index in [4.69, 9.17) is 0 Å². The third kappa shape index (κ3) is 8.61. The van der Waals surface area contributed by atoms with E-state index in [1.165, 1.54) is 85.5 Å². The van der Waals surface area contributed by atoms with Crippen molar-refractivity contribution in [3.05, 3.63) is 148 Å². The molecule has 0 saturated carbocycles. The summed E-state index contributed by atoms with van der Waals surface area (Å²) in [5.41, 5.74) is 15.3. The van der Waals surface area contributed by atoms with E-state index in [0.717, 1.165) is 6.42 Å². The Bertz CT molecular complexity index is 1560. The van der Waals surface area contributed by atoms with Crippen molar-refractivity contribution in [1.82, 2.24) is 0 Å². The minimum absolute atomic E-state index is 0.177. The number of allylic oxidation sites excluding steroid dienone is 4. The van der Waals surface area contributed by atoms with E-state index in [9.17, 15) is 0 Å². The Morgan fingerprint density at radius 2 is 1.40 bits per heavy atom. The molecule has 1 unspecified atom stereocenters. The molecule has 0 N–H and O–H groups in total. The van der Waals surface area contributed by atoms with Crippen LogP contribution in [0.25, 0.3) is 16.7 Å². The first-order chi connectivity index (χ1) is 20.3. The summed E-state index contributed by atoms with van der Waals surface area (Å²) in [4.78, 5) is 0. The van der Waals surface area contributed by atoms with Gasteiger partial charge in [0.15, 0.2) is 0 Å². The third-order valence-electron chi connectivity index (χ3n) is 8.12. The predicted octanol–water partition coefficient (Wildman–Crippen LogP) is 10.8. The molecule has 0 amide bonds. The zero-order valence-corrected chi connectivity index (χ0v) is 30.0. The fourth-order valence-corrected chi connectivity index (χ4v) is 5.89. The van der Waals surface area contributed by atoms with Crippen LogP contribution in [0.2, 0.25) is 0 Å². The van der Waals surface area contributed by atoms with Gasteiger partial charge in [-0.05, 0) is 17.4 Å². The van der Waals surface area contributed by atoms with Crippen LogP contribution < -0.4 is 0 Å². The summed E-state index contributed by atoms with van der Waals surface area (Å²) < 4.78 is 2.19. The summed E-state index contributed by atoms with van der Waals surface area (Å²) >= 11 is 1.47. The van der Waals surface area contributed by atoms with Crippen LogP contribution >= 0.6 is 0 Å². The quantitative estimate of drug-likeness (QED) is 0.168. The van der Waals surface area contributed by atoms with Crippen molar-refractivity contribution in [2.24, 2.45) is 5.92 Å². The average Bonchev–Trinajstić information content (AvgIpc) is 3.51. The molecule has 0 spiro atoms. The Morgan fingerprint density at radius 1 is 0.767 bits per heavy atom. The topological polar surface area (TPSA) is 0 Å². The average molecular weight is 642 g/mol. The maximum absolute atomic E-state index is 3.53. The van der Waals surface area contributed by atoms with Crippen molar-refractivity contribution in [2.45, 2.75) is 79.6 Å². The molecule has 43 heavy (non-hydrogen) atoms. The molecule has 0 aromatic heterocycles. The standard InChI is InChI=1S/C21H25.C13H13.C8H8.Zr/c1-20(2,3)16-9-7-14-11-15-8-10-17(21(4,5)6)13-19(15)18(14)12-16;1-10-8-11(2)13(9-10)12-6-4-3-5-7-12;1-7-3-5-8(2)6-4-7;/h7,9-10,12-13H,11H2,1-6H3;3-7,9-10H,1-2H3;1,3-6H,2H3;/q2*-1;;+2. The van der Waals surface area contributed by atoms with Crippen LogP contribution in [-0.4, -0.2) is 3.71 Å². The Morgan fingerprint density at radius 3 is 1.95 bits per heavy atom. The first-order valence-electron chi connectivity index (χ1n) is 15.4. The zero-order chi connectivity index (χ0) is 31.4. The molecule has 1 heteroatoms. The first-order valence-corrected chi connectivity index (χ1v) is 16.8. The molecular formula is C42H46Zr. The third-order valence-corrected chi connectivity index (χ3v) is 8.94. The van der Waals surface area contributed by atoms with Crippen LogP contribution in [0.4, 0.5) is 0 Å². The number of fused-ring (bicyclic) bond motifs is 3. The van der Waals surface area contributed by atoms with Gasteiger partial charge in [-0.2, -0.15) is 41.0 Å². The summed E-state index contributed by atoms with van der Waals surface area (Å²) in [6, 6.07) is 34.1. The van der Waals surface area contributed by atoms with Crippen molar-refractivity contribution < 1.29 is 24.2 Å². The van der Waals surface area contributed by atoms with E-state index in [0.29, 0.717) is 5.92 Å². The van der Waals surface area contributed by atoms with Crippen molar-refractivity contribution in [3.8, 4) is 11.1 Å². The summed E-state index contributed by atoms with van der Waals surface area (Å²) in [6.07, 6.45) is 6.69. The molecule has 1 atom stereocenters. The molecule has 2 aliphatic rings. The molecule has 4 aromatic carbocycles. The Balaban J connectivity index is 0.000000163. The Kier molecular flexibility index (Phi) is 10.6. The Hall–Kier alpha value is -2.89. The zero-order valence-electron chi connectivity index (χ0n) is 27.5. The molecule has 0 nitrogen and oxygen atoms in total. The van der Waals surface area contributed by atoms with Crippen molar-refractivity contribution in [3.63, 3.8) is 0 Å². The molecule has 218 valence electrons. The van der Waals surface area contributed by atoms with Gasteiger partial charge in [-0.3, -0.25) is 6.08 Å². The second-order valence-corrected chi connectivity index (χ2v) is 14.6. The van der Waals surface area contributed by atoms with Gasteiger partial charge in [-0.1, -0.05) is 126 Å². The predicted molar refractivity (Wildman–Crippen MR) is 183 cm³/mol. The maximum atomic E-state index is 3.53.